The molecule has 7 aromatic carbocycles. The van der Waals surface area contributed by atoms with Gasteiger partial charge in [0.25, 0.3) is 0 Å². The number of nitriles is 1. The van der Waals surface area contributed by atoms with Crippen molar-refractivity contribution in [2.45, 2.75) is 0 Å². The van der Waals surface area contributed by atoms with Crippen LogP contribution in [-0.4, -0.2) is 24.1 Å². The third-order valence-corrected chi connectivity index (χ3v) is 9.54. The second kappa shape index (κ2) is 11.9. The van der Waals surface area contributed by atoms with Crippen LogP contribution in [0.2, 0.25) is 0 Å². The molecule has 0 atom stereocenters. The first-order chi connectivity index (χ1) is 27.0. The summed E-state index contributed by atoms with van der Waals surface area (Å²) in [6.07, 6.45) is 0. The van der Waals surface area contributed by atoms with E-state index in [4.69, 9.17) is 15.0 Å². The van der Waals surface area contributed by atoms with E-state index in [9.17, 15) is 9.37 Å². The van der Waals surface area contributed by atoms with Gasteiger partial charge in [-0.1, -0.05) is 121 Å². The second-order valence-corrected chi connectivity index (χ2v) is 12.5. The van der Waals surface area contributed by atoms with Crippen molar-refractivity contribution in [1.29, 1.82) is 5.26 Å². The Bertz CT molecular complexity index is 3130. The number of aromatic nitrogens is 5. The Morgan fingerprint density at radius 2 is 1.02 bits per heavy atom. The van der Waals surface area contributed by atoms with E-state index in [1.54, 1.807) is 0 Å². The second-order valence-electron chi connectivity index (χ2n) is 12.5. The summed E-state index contributed by atoms with van der Waals surface area (Å²) in [4.78, 5) is 14.3. The molecule has 0 aliphatic rings. The van der Waals surface area contributed by atoms with Crippen molar-refractivity contribution in [2.75, 3.05) is 0 Å². The zero-order valence-corrected chi connectivity index (χ0v) is 27.6. The summed E-state index contributed by atoms with van der Waals surface area (Å²) in [5, 5.41) is 14.8. The molecular formula is C46H28N6. The molecule has 0 aliphatic carbocycles. The van der Waals surface area contributed by atoms with Crippen LogP contribution >= 0.6 is 0 Å². The highest BCUT2D eigenvalue weighted by Gasteiger charge is 2.22. The van der Waals surface area contributed by atoms with E-state index in [1.807, 2.05) is 120 Å². The molecule has 0 amide bonds. The van der Waals surface area contributed by atoms with Crippen LogP contribution in [0.1, 0.15) is 9.68 Å². The molecule has 0 spiro atoms. The summed E-state index contributed by atoms with van der Waals surface area (Å²) in [7, 11) is 0. The standard InChI is InChI=1S/C46H28N6/c47-29-33-28-32(46-49-44(30-14-4-1-5-15-30)48-45(50-46)31-16-6-2-7-17-31)24-26-38(33)52-39-22-12-10-20-35(39)36-25-27-41-42(43(36)52)37-21-11-13-23-40(37)51(41)34-18-8-3-9-19-34/h1-28H/i24D,26D,28D. The third-order valence-electron chi connectivity index (χ3n) is 9.54. The summed E-state index contributed by atoms with van der Waals surface area (Å²) in [5.74, 6) is 0.767. The van der Waals surface area contributed by atoms with E-state index >= 15 is 0 Å². The Labute approximate surface area is 303 Å². The first-order valence-corrected chi connectivity index (χ1v) is 17.0. The number of hydrogen-bond acceptors (Lipinski definition) is 4. The van der Waals surface area contributed by atoms with Gasteiger partial charge >= 0.3 is 0 Å². The van der Waals surface area contributed by atoms with Crippen molar-refractivity contribution in [3.63, 3.8) is 0 Å². The molecule has 6 heteroatoms. The fraction of sp³-hybridized carbons (Fsp3) is 0. The molecule has 0 fully saturated rings. The number of para-hydroxylation sites is 3. The number of benzene rings is 7. The Balaban J connectivity index is 1.31. The summed E-state index contributed by atoms with van der Waals surface area (Å²) < 4.78 is 32.9. The molecular weight excluding hydrogens is 637 g/mol. The molecule has 3 aromatic heterocycles. The monoisotopic (exact) mass is 667 g/mol. The Kier molecular flexibility index (Phi) is 6.07. The predicted octanol–water partition coefficient (Wildman–Crippen LogP) is 10.9. The summed E-state index contributed by atoms with van der Waals surface area (Å²) in [5.41, 5.74) is 6.08. The minimum atomic E-state index is -0.256. The normalized spacial score (nSPS) is 12.2. The van der Waals surface area contributed by atoms with Gasteiger partial charge in [0.15, 0.2) is 17.5 Å². The van der Waals surface area contributed by atoms with Gasteiger partial charge in [-0.05, 0) is 48.5 Å². The molecule has 6 nitrogen and oxygen atoms in total. The Morgan fingerprint density at radius 1 is 0.481 bits per heavy atom. The average Bonchev–Trinajstić information content (AvgIpc) is 3.76. The fourth-order valence-electron chi connectivity index (χ4n) is 7.28. The maximum absolute atomic E-state index is 10.9. The van der Waals surface area contributed by atoms with Crippen molar-refractivity contribution >= 4 is 43.6 Å². The lowest BCUT2D eigenvalue weighted by Crippen LogP contribution is -2.02. The number of rotatable bonds is 5. The minimum absolute atomic E-state index is 0.00587. The van der Waals surface area contributed by atoms with E-state index in [2.05, 4.69) is 47.0 Å². The lowest BCUT2D eigenvalue weighted by Gasteiger charge is -2.13. The summed E-state index contributed by atoms with van der Waals surface area (Å²) in [6, 6.07) is 51.0. The lowest BCUT2D eigenvalue weighted by atomic mass is 10.1. The molecule has 0 saturated heterocycles. The van der Waals surface area contributed by atoms with Crippen LogP contribution < -0.4 is 0 Å². The van der Waals surface area contributed by atoms with Gasteiger partial charge in [0.05, 0.1) is 37.4 Å². The molecule has 0 unspecified atom stereocenters. The zero-order chi connectivity index (χ0) is 37.2. The van der Waals surface area contributed by atoms with Crippen LogP contribution in [0.25, 0.3) is 89.2 Å². The third kappa shape index (κ3) is 4.61. The molecule has 0 radical (unpaired) electrons. The molecule has 0 saturated carbocycles. The maximum atomic E-state index is 10.9. The maximum Gasteiger partial charge on any atom is 0.164 e. The molecule has 10 rings (SSSR count). The van der Waals surface area contributed by atoms with E-state index in [-0.39, 0.29) is 40.8 Å². The van der Waals surface area contributed by atoms with Crippen LogP contribution in [0.3, 0.4) is 0 Å². The Morgan fingerprint density at radius 3 is 1.65 bits per heavy atom. The van der Waals surface area contributed by atoms with Crippen LogP contribution in [0.15, 0.2) is 170 Å². The van der Waals surface area contributed by atoms with Gasteiger partial charge in [0.2, 0.25) is 0 Å². The van der Waals surface area contributed by atoms with Crippen molar-refractivity contribution in [3.05, 3.63) is 175 Å². The lowest BCUT2D eigenvalue weighted by molar-refractivity contribution is 1.07. The quantitative estimate of drug-likeness (QED) is 0.183. The highest BCUT2D eigenvalue weighted by Crippen LogP contribution is 2.42. The highest BCUT2D eigenvalue weighted by molar-refractivity contribution is 6.26. The molecule has 0 bridgehead atoms. The minimum Gasteiger partial charge on any atom is -0.309 e. The Hall–Kier alpha value is -7.36. The van der Waals surface area contributed by atoms with Gasteiger partial charge in [-0.15, -0.1) is 0 Å². The first kappa shape index (κ1) is 26.5. The van der Waals surface area contributed by atoms with Crippen molar-refractivity contribution in [3.8, 4) is 51.6 Å². The largest absolute Gasteiger partial charge is 0.309 e. The SMILES string of the molecule is [2H]c1c([2H])c(-n2c3ccccc3c3ccc4c(c5ccccc5n4-c4ccccc4)c32)c(C#N)c([2H])c1-c1nc(-c2ccccc2)nc(-c2ccccc2)n1. The van der Waals surface area contributed by atoms with Gasteiger partial charge < -0.3 is 9.13 Å². The fourth-order valence-corrected chi connectivity index (χ4v) is 7.28. The van der Waals surface area contributed by atoms with Crippen LogP contribution in [0.4, 0.5) is 0 Å². The van der Waals surface area contributed by atoms with E-state index < -0.39 is 0 Å². The molecule has 3 heterocycles. The highest BCUT2D eigenvalue weighted by atomic mass is 15.0. The van der Waals surface area contributed by atoms with Gasteiger partial charge in [-0.2, -0.15) is 5.26 Å². The number of fused-ring (bicyclic) bond motifs is 7. The van der Waals surface area contributed by atoms with Gasteiger partial charge in [-0.3, -0.25) is 0 Å². The van der Waals surface area contributed by atoms with Crippen LogP contribution in [0, 0.1) is 11.3 Å². The molecule has 0 aliphatic heterocycles. The zero-order valence-electron chi connectivity index (χ0n) is 30.6. The van der Waals surface area contributed by atoms with Crippen LogP contribution in [0.5, 0.6) is 0 Å². The van der Waals surface area contributed by atoms with Crippen molar-refractivity contribution < 1.29 is 4.11 Å². The van der Waals surface area contributed by atoms with Crippen molar-refractivity contribution in [2.24, 2.45) is 0 Å². The van der Waals surface area contributed by atoms with E-state index in [0.29, 0.717) is 11.6 Å². The van der Waals surface area contributed by atoms with Gasteiger partial charge in [0, 0.05) is 43.9 Å². The number of hydrogen-bond donors (Lipinski definition) is 0. The number of nitrogens with zero attached hydrogens (tertiary/aromatic N) is 6. The summed E-state index contributed by atoms with van der Waals surface area (Å²) in [6.45, 7) is 0. The average molecular weight is 668 g/mol. The summed E-state index contributed by atoms with van der Waals surface area (Å²) >= 11 is 0. The van der Waals surface area contributed by atoms with Gasteiger partial charge in [0.1, 0.15) is 6.07 Å². The molecule has 0 N–H and O–H groups in total. The van der Waals surface area contributed by atoms with Crippen molar-refractivity contribution in [1.82, 2.24) is 24.1 Å². The topological polar surface area (TPSA) is 72.3 Å². The van der Waals surface area contributed by atoms with Crippen LogP contribution in [-0.2, 0) is 0 Å². The van der Waals surface area contributed by atoms with Gasteiger partial charge in [-0.25, -0.2) is 15.0 Å². The first-order valence-electron chi connectivity index (χ1n) is 18.5. The molecule has 242 valence electrons. The molecule has 52 heavy (non-hydrogen) atoms. The predicted molar refractivity (Wildman–Crippen MR) is 210 cm³/mol. The van der Waals surface area contributed by atoms with E-state index in [0.717, 1.165) is 60.4 Å². The molecule has 10 aromatic rings. The smallest absolute Gasteiger partial charge is 0.164 e. The van der Waals surface area contributed by atoms with E-state index in [1.165, 1.54) is 0 Å².